The number of amides is 1. The molecule has 2 aromatic carbocycles. The first-order valence-electron chi connectivity index (χ1n) is 11.0. The van der Waals surface area contributed by atoms with Crippen molar-refractivity contribution < 1.29 is 9.53 Å². The van der Waals surface area contributed by atoms with E-state index < -0.39 is 0 Å². The van der Waals surface area contributed by atoms with E-state index in [0.717, 1.165) is 40.8 Å². The number of methoxy groups -OCH3 is 1. The van der Waals surface area contributed by atoms with Crippen LogP contribution in [0.5, 0.6) is 5.75 Å². The Kier molecular flexibility index (Phi) is 5.72. The van der Waals surface area contributed by atoms with Crippen molar-refractivity contribution in [3.8, 4) is 16.9 Å². The summed E-state index contributed by atoms with van der Waals surface area (Å²) in [6, 6.07) is 16.1. The first kappa shape index (κ1) is 21.4. The molecule has 6 nitrogen and oxygen atoms in total. The molecule has 2 aromatic heterocycles. The van der Waals surface area contributed by atoms with Gasteiger partial charge in [-0.2, -0.15) is 0 Å². The van der Waals surface area contributed by atoms with Gasteiger partial charge in [-0.15, -0.1) is 11.3 Å². The third-order valence-corrected chi connectivity index (χ3v) is 6.94. The molecule has 0 radical (unpaired) electrons. The van der Waals surface area contributed by atoms with Crippen molar-refractivity contribution in [2.24, 2.45) is 0 Å². The summed E-state index contributed by atoms with van der Waals surface area (Å²) in [4.78, 5) is 33.7. The molecule has 5 rings (SSSR count). The van der Waals surface area contributed by atoms with Gasteiger partial charge in [0.1, 0.15) is 17.1 Å². The van der Waals surface area contributed by atoms with Crippen molar-refractivity contribution in [2.45, 2.75) is 38.9 Å². The van der Waals surface area contributed by atoms with Crippen molar-refractivity contribution in [1.82, 2.24) is 14.5 Å². The lowest BCUT2D eigenvalue weighted by Crippen LogP contribution is -2.37. The summed E-state index contributed by atoms with van der Waals surface area (Å²) < 4.78 is 6.67. The monoisotopic (exact) mass is 459 g/mol. The van der Waals surface area contributed by atoms with E-state index in [1.54, 1.807) is 7.11 Å². The third kappa shape index (κ3) is 4.41. The van der Waals surface area contributed by atoms with Gasteiger partial charge in [-0.3, -0.25) is 14.2 Å². The first-order chi connectivity index (χ1) is 16.0. The summed E-state index contributed by atoms with van der Waals surface area (Å²) in [6.07, 6.45) is 3.49. The summed E-state index contributed by atoms with van der Waals surface area (Å²) in [5, 5.41) is 2.54. The second kappa shape index (κ2) is 8.83. The minimum absolute atomic E-state index is 0.0163. The predicted octanol–water partition coefficient (Wildman–Crippen LogP) is 4.63. The normalized spacial score (nSPS) is 13.3. The molecule has 0 atom stereocenters. The molecule has 1 aliphatic carbocycles. The highest BCUT2D eigenvalue weighted by Crippen LogP contribution is 2.31. The van der Waals surface area contributed by atoms with Gasteiger partial charge < -0.3 is 9.64 Å². The molecular weight excluding hydrogens is 434 g/mol. The second-order valence-corrected chi connectivity index (χ2v) is 9.33. The summed E-state index contributed by atoms with van der Waals surface area (Å²) in [7, 11) is 1.63. The number of thiophene rings is 1. The van der Waals surface area contributed by atoms with E-state index in [9.17, 15) is 9.59 Å². The summed E-state index contributed by atoms with van der Waals surface area (Å²) in [5.74, 6) is 0.720. The summed E-state index contributed by atoms with van der Waals surface area (Å²) in [5.41, 5.74) is 3.87. The van der Waals surface area contributed by atoms with E-state index >= 15 is 0 Å². The molecule has 1 amide bonds. The molecule has 0 spiro atoms. The van der Waals surface area contributed by atoms with Gasteiger partial charge in [0.25, 0.3) is 5.56 Å². The van der Waals surface area contributed by atoms with Crippen LogP contribution in [0.1, 0.15) is 24.0 Å². The van der Waals surface area contributed by atoms with E-state index in [1.807, 2.05) is 65.7 Å². The number of fused-ring (bicyclic) bond motifs is 1. The molecule has 2 heterocycles. The van der Waals surface area contributed by atoms with E-state index in [0.29, 0.717) is 16.8 Å². The maximum atomic E-state index is 13.4. The van der Waals surface area contributed by atoms with Crippen molar-refractivity contribution in [3.63, 3.8) is 0 Å². The van der Waals surface area contributed by atoms with E-state index in [1.165, 1.54) is 22.2 Å². The summed E-state index contributed by atoms with van der Waals surface area (Å²) in [6.45, 7) is 2.54. The van der Waals surface area contributed by atoms with Gasteiger partial charge in [0.05, 0.1) is 18.8 Å². The largest absolute Gasteiger partial charge is 0.497 e. The molecule has 0 unspecified atom stereocenters. The number of aromatic nitrogens is 2. The Labute approximate surface area is 196 Å². The van der Waals surface area contributed by atoms with Crippen LogP contribution in [0.4, 0.5) is 0 Å². The number of carbonyl (C=O) groups is 1. The van der Waals surface area contributed by atoms with Crippen LogP contribution in [0.2, 0.25) is 0 Å². The van der Waals surface area contributed by atoms with Crippen LogP contribution in [0.3, 0.4) is 0 Å². The van der Waals surface area contributed by atoms with Crippen LogP contribution in [-0.4, -0.2) is 33.5 Å². The third-order valence-electron chi connectivity index (χ3n) is 6.05. The average Bonchev–Trinajstić information content (AvgIpc) is 3.58. The Hall–Kier alpha value is -3.45. The lowest BCUT2D eigenvalue weighted by molar-refractivity contribution is -0.133. The Morgan fingerprint density at radius 3 is 2.55 bits per heavy atom. The van der Waals surface area contributed by atoms with Gasteiger partial charge >= 0.3 is 0 Å². The Morgan fingerprint density at radius 1 is 1.15 bits per heavy atom. The number of rotatable bonds is 7. The summed E-state index contributed by atoms with van der Waals surface area (Å²) >= 11 is 1.45. The Morgan fingerprint density at radius 2 is 1.88 bits per heavy atom. The number of aryl methyl sites for hydroxylation is 1. The molecule has 0 aliphatic heterocycles. The Balaban J connectivity index is 1.42. The molecule has 168 valence electrons. The van der Waals surface area contributed by atoms with E-state index in [4.69, 9.17) is 4.74 Å². The van der Waals surface area contributed by atoms with E-state index in [2.05, 4.69) is 4.98 Å². The van der Waals surface area contributed by atoms with Gasteiger partial charge in [-0.05, 0) is 43.0 Å². The van der Waals surface area contributed by atoms with Crippen LogP contribution in [0.15, 0.2) is 65.0 Å². The maximum Gasteiger partial charge on any atom is 0.263 e. The number of hydrogen-bond donors (Lipinski definition) is 0. The highest BCUT2D eigenvalue weighted by molar-refractivity contribution is 7.17. The standard InChI is InChI=1S/C26H25N3O3S/c1-17-3-7-19(8-4-17)22-15-33-25-24(22)26(31)28(16-27-25)14-23(30)29(20-9-10-20)13-18-5-11-21(32-2)12-6-18/h3-8,11-12,15-16,20H,9-10,13-14H2,1-2H3. The minimum Gasteiger partial charge on any atom is -0.497 e. The quantitative estimate of drug-likeness (QED) is 0.404. The second-order valence-electron chi connectivity index (χ2n) is 8.47. The molecule has 33 heavy (non-hydrogen) atoms. The zero-order valence-electron chi connectivity index (χ0n) is 18.7. The van der Waals surface area contributed by atoms with Crippen molar-refractivity contribution in [3.05, 3.63) is 81.7 Å². The Bertz CT molecular complexity index is 1350. The lowest BCUT2D eigenvalue weighted by atomic mass is 10.1. The zero-order chi connectivity index (χ0) is 22.9. The van der Waals surface area contributed by atoms with Crippen molar-refractivity contribution >= 4 is 27.5 Å². The maximum absolute atomic E-state index is 13.4. The fraction of sp³-hybridized carbons (Fsp3) is 0.269. The highest BCUT2D eigenvalue weighted by atomic mass is 32.1. The number of carbonyl (C=O) groups excluding carboxylic acids is 1. The number of benzene rings is 2. The fourth-order valence-electron chi connectivity index (χ4n) is 4.00. The molecule has 0 N–H and O–H groups in total. The first-order valence-corrected chi connectivity index (χ1v) is 11.9. The van der Waals surface area contributed by atoms with Crippen molar-refractivity contribution in [1.29, 1.82) is 0 Å². The van der Waals surface area contributed by atoms with Gasteiger partial charge in [0.2, 0.25) is 5.91 Å². The number of nitrogens with zero attached hydrogens (tertiary/aromatic N) is 3. The smallest absolute Gasteiger partial charge is 0.263 e. The molecule has 1 fully saturated rings. The van der Waals surface area contributed by atoms with E-state index in [-0.39, 0.29) is 24.1 Å². The topological polar surface area (TPSA) is 64.4 Å². The van der Waals surface area contributed by atoms with Crippen LogP contribution in [0, 0.1) is 6.92 Å². The predicted molar refractivity (Wildman–Crippen MR) is 131 cm³/mol. The SMILES string of the molecule is COc1ccc(CN(C(=O)Cn2cnc3scc(-c4ccc(C)cc4)c3c2=O)C2CC2)cc1. The van der Waals surface area contributed by atoms with Crippen LogP contribution in [0.25, 0.3) is 21.3 Å². The van der Waals surface area contributed by atoms with Gasteiger partial charge in [-0.25, -0.2) is 4.98 Å². The van der Waals surface area contributed by atoms with Gasteiger partial charge in [0.15, 0.2) is 0 Å². The van der Waals surface area contributed by atoms with Crippen LogP contribution >= 0.6 is 11.3 Å². The molecular formula is C26H25N3O3S. The highest BCUT2D eigenvalue weighted by Gasteiger charge is 2.32. The molecule has 7 heteroatoms. The molecule has 1 saturated carbocycles. The fourth-order valence-corrected chi connectivity index (χ4v) is 4.90. The van der Waals surface area contributed by atoms with Crippen molar-refractivity contribution in [2.75, 3.05) is 7.11 Å². The molecule has 0 saturated heterocycles. The molecule has 0 bridgehead atoms. The minimum atomic E-state index is -0.176. The number of hydrogen-bond acceptors (Lipinski definition) is 5. The van der Waals surface area contributed by atoms with Gasteiger partial charge in [0, 0.05) is 23.5 Å². The lowest BCUT2D eigenvalue weighted by Gasteiger charge is -2.23. The average molecular weight is 460 g/mol. The van der Waals surface area contributed by atoms with Crippen LogP contribution in [-0.2, 0) is 17.9 Å². The van der Waals surface area contributed by atoms with Crippen LogP contribution < -0.4 is 10.3 Å². The molecule has 1 aliphatic rings. The zero-order valence-corrected chi connectivity index (χ0v) is 19.5. The number of ether oxygens (including phenoxy) is 1. The molecule has 4 aromatic rings. The van der Waals surface area contributed by atoms with Gasteiger partial charge in [-0.1, -0.05) is 42.0 Å².